The van der Waals surface area contributed by atoms with E-state index in [1.165, 1.54) is 0 Å². The fourth-order valence-corrected chi connectivity index (χ4v) is 1.58. The maximum atomic E-state index is 11.7. The average Bonchev–Trinajstić information content (AvgIpc) is 2.81. The van der Waals surface area contributed by atoms with Crippen molar-refractivity contribution in [1.82, 2.24) is 0 Å². The largest absolute Gasteiger partial charge is 0.476 e. The van der Waals surface area contributed by atoms with Crippen LogP contribution in [0.4, 0.5) is 0 Å². The van der Waals surface area contributed by atoms with Gasteiger partial charge in [-0.2, -0.15) is 0 Å². The van der Waals surface area contributed by atoms with E-state index < -0.39 is 6.04 Å². The van der Waals surface area contributed by atoms with Crippen molar-refractivity contribution in [2.75, 3.05) is 13.2 Å². The molecule has 0 aromatic heterocycles. The predicted molar refractivity (Wildman–Crippen MR) is 61.8 cm³/mol. The molecule has 0 saturated carbocycles. The fourth-order valence-electron chi connectivity index (χ4n) is 1.58. The number of benzene rings is 1. The van der Waals surface area contributed by atoms with Gasteiger partial charge in [0.05, 0.1) is 12.6 Å². The number of nitrogens with zero attached hydrogens (tertiary/aromatic N) is 1. The highest BCUT2D eigenvalue weighted by atomic mass is 16.5. The summed E-state index contributed by atoms with van der Waals surface area (Å²) in [6, 6.07) is 6.74. The van der Waals surface area contributed by atoms with E-state index in [0.717, 1.165) is 5.56 Å². The monoisotopic (exact) mass is 218 g/mol. The van der Waals surface area contributed by atoms with Crippen molar-refractivity contribution in [2.45, 2.75) is 13.0 Å². The molecule has 0 radical (unpaired) electrons. The third-order valence-corrected chi connectivity index (χ3v) is 2.39. The molecule has 2 rings (SSSR count). The Morgan fingerprint density at radius 2 is 2.38 bits per heavy atom. The molecule has 4 nitrogen and oxygen atoms in total. The first-order chi connectivity index (χ1) is 7.68. The Labute approximate surface area is 94.1 Å². The van der Waals surface area contributed by atoms with E-state index in [0.29, 0.717) is 24.6 Å². The van der Waals surface area contributed by atoms with E-state index in [1.807, 2.05) is 12.1 Å². The second kappa shape index (κ2) is 4.45. The first-order valence-electron chi connectivity index (χ1n) is 5.26. The zero-order valence-corrected chi connectivity index (χ0v) is 9.14. The number of hydrogen-bond acceptors (Lipinski definition) is 4. The number of hydrogen-bond donors (Lipinski definition) is 1. The van der Waals surface area contributed by atoms with Gasteiger partial charge in [-0.05, 0) is 19.1 Å². The molecule has 0 amide bonds. The van der Waals surface area contributed by atoms with E-state index in [4.69, 9.17) is 10.5 Å². The summed E-state index contributed by atoms with van der Waals surface area (Å²) in [6.07, 6.45) is 0. The minimum Gasteiger partial charge on any atom is -0.476 e. The number of rotatable bonds is 3. The van der Waals surface area contributed by atoms with Crippen LogP contribution in [-0.4, -0.2) is 30.9 Å². The number of aliphatic imine (C=N–C) groups is 1. The maximum Gasteiger partial charge on any atom is 0.216 e. The highest BCUT2D eigenvalue weighted by molar-refractivity contribution is 6.02. The molecular weight excluding hydrogens is 204 g/mol. The molecule has 1 aliphatic heterocycles. The number of carbonyl (C=O) groups excluding carboxylic acids is 1. The van der Waals surface area contributed by atoms with Crippen LogP contribution >= 0.6 is 0 Å². The van der Waals surface area contributed by atoms with Gasteiger partial charge in [-0.1, -0.05) is 12.1 Å². The van der Waals surface area contributed by atoms with Crippen LogP contribution in [-0.2, 0) is 4.74 Å². The van der Waals surface area contributed by atoms with Crippen molar-refractivity contribution in [2.24, 2.45) is 10.7 Å². The molecule has 0 spiro atoms. The van der Waals surface area contributed by atoms with E-state index in [1.54, 1.807) is 19.1 Å². The molecule has 1 unspecified atom stereocenters. The summed E-state index contributed by atoms with van der Waals surface area (Å²) in [7, 11) is 0. The van der Waals surface area contributed by atoms with Crippen LogP contribution in [0.1, 0.15) is 22.8 Å². The predicted octanol–water partition coefficient (Wildman–Crippen LogP) is 0.993. The van der Waals surface area contributed by atoms with Gasteiger partial charge in [0.25, 0.3) is 0 Å². The van der Waals surface area contributed by atoms with Gasteiger partial charge in [0.2, 0.25) is 5.90 Å². The van der Waals surface area contributed by atoms with Gasteiger partial charge in [0.15, 0.2) is 5.78 Å². The summed E-state index contributed by atoms with van der Waals surface area (Å²) in [5.74, 6) is 0.541. The number of Topliss-reactive ketones (excluding diaryl/α,β-unsaturated/α-hetero) is 1. The Morgan fingerprint density at radius 1 is 1.56 bits per heavy atom. The second-order valence-electron chi connectivity index (χ2n) is 3.77. The van der Waals surface area contributed by atoms with Crippen molar-refractivity contribution in [3.8, 4) is 0 Å². The summed E-state index contributed by atoms with van der Waals surface area (Å²) < 4.78 is 5.34. The highest BCUT2D eigenvalue weighted by Crippen LogP contribution is 2.11. The van der Waals surface area contributed by atoms with Crippen molar-refractivity contribution >= 4 is 11.7 Å². The van der Waals surface area contributed by atoms with E-state index >= 15 is 0 Å². The molecule has 0 bridgehead atoms. The summed E-state index contributed by atoms with van der Waals surface area (Å²) in [5.41, 5.74) is 7.00. The minimum atomic E-state index is -0.485. The van der Waals surface area contributed by atoms with Gasteiger partial charge in [0, 0.05) is 11.1 Å². The van der Waals surface area contributed by atoms with Crippen LogP contribution < -0.4 is 5.73 Å². The van der Waals surface area contributed by atoms with Gasteiger partial charge >= 0.3 is 0 Å². The molecule has 0 saturated heterocycles. The molecular formula is C12H14N2O2. The standard InChI is InChI=1S/C12H14N2O2/c1-8(13)11(15)9-3-2-4-10(7-9)12-14-5-6-16-12/h2-4,7-8H,5-6,13H2,1H3. The number of nitrogens with two attached hydrogens (primary N) is 1. The summed E-state index contributed by atoms with van der Waals surface area (Å²) in [5, 5.41) is 0. The Hall–Kier alpha value is -1.68. The maximum absolute atomic E-state index is 11.7. The molecule has 1 aliphatic rings. The molecule has 1 heterocycles. The first-order valence-corrected chi connectivity index (χ1v) is 5.26. The summed E-state index contributed by atoms with van der Waals surface area (Å²) in [6.45, 7) is 2.97. The van der Waals surface area contributed by atoms with Gasteiger partial charge in [0.1, 0.15) is 6.61 Å². The quantitative estimate of drug-likeness (QED) is 0.769. The lowest BCUT2D eigenvalue weighted by atomic mass is 10.0. The molecule has 16 heavy (non-hydrogen) atoms. The van der Waals surface area contributed by atoms with Crippen LogP contribution in [0.3, 0.4) is 0 Å². The topological polar surface area (TPSA) is 64.7 Å². The van der Waals surface area contributed by atoms with E-state index in [9.17, 15) is 4.79 Å². The minimum absolute atomic E-state index is 0.0690. The van der Waals surface area contributed by atoms with Crippen molar-refractivity contribution in [3.05, 3.63) is 35.4 Å². The molecule has 0 fully saturated rings. The number of ketones is 1. The lowest BCUT2D eigenvalue weighted by Gasteiger charge is -2.06. The third kappa shape index (κ3) is 2.12. The number of ether oxygens (including phenoxy) is 1. The van der Waals surface area contributed by atoms with Crippen LogP contribution in [0.2, 0.25) is 0 Å². The molecule has 1 aromatic carbocycles. The average molecular weight is 218 g/mol. The van der Waals surface area contributed by atoms with E-state index in [2.05, 4.69) is 4.99 Å². The molecule has 4 heteroatoms. The lowest BCUT2D eigenvalue weighted by molar-refractivity contribution is 0.0968. The van der Waals surface area contributed by atoms with Gasteiger partial charge < -0.3 is 10.5 Å². The Bertz CT molecular complexity index is 438. The molecule has 1 aromatic rings. The smallest absolute Gasteiger partial charge is 0.216 e. The molecule has 2 N–H and O–H groups in total. The molecule has 0 aliphatic carbocycles. The second-order valence-corrected chi connectivity index (χ2v) is 3.77. The Morgan fingerprint density at radius 3 is 3.00 bits per heavy atom. The lowest BCUT2D eigenvalue weighted by Crippen LogP contribution is -2.26. The van der Waals surface area contributed by atoms with Gasteiger partial charge in [-0.15, -0.1) is 0 Å². The van der Waals surface area contributed by atoms with Crippen LogP contribution in [0.5, 0.6) is 0 Å². The Balaban J connectivity index is 2.29. The van der Waals surface area contributed by atoms with Crippen LogP contribution in [0, 0.1) is 0 Å². The third-order valence-electron chi connectivity index (χ3n) is 2.39. The van der Waals surface area contributed by atoms with Gasteiger partial charge in [-0.25, -0.2) is 4.99 Å². The van der Waals surface area contributed by atoms with Gasteiger partial charge in [-0.3, -0.25) is 4.79 Å². The normalized spacial score (nSPS) is 16.5. The van der Waals surface area contributed by atoms with E-state index in [-0.39, 0.29) is 5.78 Å². The highest BCUT2D eigenvalue weighted by Gasteiger charge is 2.14. The zero-order chi connectivity index (χ0) is 11.5. The summed E-state index contributed by atoms with van der Waals surface area (Å²) >= 11 is 0. The van der Waals surface area contributed by atoms with Crippen LogP contribution in [0.25, 0.3) is 0 Å². The SMILES string of the molecule is CC(N)C(=O)c1cccc(C2=NCCO2)c1. The fraction of sp³-hybridized carbons (Fsp3) is 0.333. The van der Waals surface area contributed by atoms with Crippen molar-refractivity contribution in [3.63, 3.8) is 0 Å². The van der Waals surface area contributed by atoms with Crippen molar-refractivity contribution in [1.29, 1.82) is 0 Å². The molecule has 84 valence electrons. The Kier molecular flexibility index (Phi) is 3.01. The number of carbonyl (C=O) groups is 1. The molecule has 1 atom stereocenters. The van der Waals surface area contributed by atoms with Crippen LogP contribution in [0.15, 0.2) is 29.3 Å². The zero-order valence-electron chi connectivity index (χ0n) is 9.14. The summed E-state index contributed by atoms with van der Waals surface area (Å²) in [4.78, 5) is 15.9. The van der Waals surface area contributed by atoms with Crippen molar-refractivity contribution < 1.29 is 9.53 Å². The first kappa shape index (κ1) is 10.8.